The highest BCUT2D eigenvalue weighted by molar-refractivity contribution is 6.30. The molecule has 0 aliphatic carbocycles. The van der Waals surface area contributed by atoms with Crippen molar-refractivity contribution in [3.05, 3.63) is 52.4 Å². The molecule has 3 heterocycles. The first kappa shape index (κ1) is 16.6. The molecule has 0 fully saturated rings. The van der Waals surface area contributed by atoms with Crippen molar-refractivity contribution in [1.29, 1.82) is 0 Å². The predicted molar refractivity (Wildman–Crippen MR) is 83.3 cm³/mol. The fourth-order valence-electron chi connectivity index (χ4n) is 2.58. The van der Waals surface area contributed by atoms with E-state index >= 15 is 0 Å². The molecule has 8 heteroatoms. The lowest BCUT2D eigenvalue weighted by Gasteiger charge is -2.24. The van der Waals surface area contributed by atoms with Crippen LogP contribution in [0.5, 0.6) is 5.88 Å². The number of aromatic nitrogens is 2. The molecule has 5 nitrogen and oxygen atoms in total. The van der Waals surface area contributed by atoms with Gasteiger partial charge in [0.15, 0.2) is 6.61 Å². The van der Waals surface area contributed by atoms with Crippen molar-refractivity contribution in [3.8, 4) is 5.88 Å². The minimum atomic E-state index is -2.55. The van der Waals surface area contributed by atoms with Gasteiger partial charge in [0.25, 0.3) is 12.3 Å². The van der Waals surface area contributed by atoms with E-state index in [9.17, 15) is 13.6 Å². The second-order valence-electron chi connectivity index (χ2n) is 5.37. The third-order valence-corrected chi connectivity index (χ3v) is 4.22. The van der Waals surface area contributed by atoms with Crippen LogP contribution in [0.15, 0.2) is 30.6 Å². The molecule has 1 aliphatic heterocycles. The number of amides is 1. The first-order valence-corrected chi connectivity index (χ1v) is 7.66. The molecule has 0 saturated heterocycles. The topological polar surface area (TPSA) is 55.3 Å². The van der Waals surface area contributed by atoms with Crippen LogP contribution in [-0.4, -0.2) is 33.8 Å². The van der Waals surface area contributed by atoms with Gasteiger partial charge in [-0.05, 0) is 18.6 Å². The number of carbonyl (C=O) groups is 1. The largest absolute Gasteiger partial charge is 0.472 e. The van der Waals surface area contributed by atoms with Crippen molar-refractivity contribution in [3.63, 3.8) is 0 Å². The van der Waals surface area contributed by atoms with E-state index in [1.165, 1.54) is 18.5 Å². The SMILES string of the molecule is CC(c1ccc(OCC(F)F)nc1)N1Cc2c(ccnc2Cl)C1=O. The lowest BCUT2D eigenvalue weighted by molar-refractivity contribution is 0.0713. The van der Waals surface area contributed by atoms with E-state index in [2.05, 4.69) is 9.97 Å². The number of ether oxygens (including phenoxy) is 1. The molecule has 0 bridgehead atoms. The highest BCUT2D eigenvalue weighted by Crippen LogP contribution is 2.33. The van der Waals surface area contributed by atoms with E-state index in [0.29, 0.717) is 22.8 Å². The molecule has 2 aromatic heterocycles. The van der Waals surface area contributed by atoms with Crippen molar-refractivity contribution >= 4 is 17.5 Å². The minimum Gasteiger partial charge on any atom is -0.472 e. The Kier molecular flexibility index (Phi) is 4.62. The van der Waals surface area contributed by atoms with Crippen molar-refractivity contribution in [2.45, 2.75) is 25.9 Å². The van der Waals surface area contributed by atoms with Crippen molar-refractivity contribution in [1.82, 2.24) is 14.9 Å². The Labute approximate surface area is 142 Å². The molecule has 0 radical (unpaired) electrons. The normalized spacial score (nSPS) is 14.9. The summed E-state index contributed by atoms with van der Waals surface area (Å²) in [6.45, 7) is 1.53. The molecule has 1 atom stereocenters. The average molecular weight is 354 g/mol. The Morgan fingerprint density at radius 3 is 2.75 bits per heavy atom. The molecule has 1 amide bonds. The number of nitrogens with zero attached hydrogens (tertiary/aromatic N) is 3. The van der Waals surface area contributed by atoms with Gasteiger partial charge in [0.2, 0.25) is 5.88 Å². The summed E-state index contributed by atoms with van der Waals surface area (Å²) < 4.78 is 29.1. The zero-order valence-electron chi connectivity index (χ0n) is 12.7. The van der Waals surface area contributed by atoms with Crippen molar-refractivity contribution in [2.75, 3.05) is 6.61 Å². The second kappa shape index (κ2) is 6.68. The Hall–Kier alpha value is -2.28. The van der Waals surface area contributed by atoms with Crippen molar-refractivity contribution < 1.29 is 18.3 Å². The third-order valence-electron chi connectivity index (χ3n) is 3.89. The van der Waals surface area contributed by atoms with Gasteiger partial charge < -0.3 is 9.64 Å². The molecule has 0 spiro atoms. The summed E-state index contributed by atoms with van der Waals surface area (Å²) in [6, 6.07) is 4.61. The van der Waals surface area contributed by atoms with Crippen molar-refractivity contribution in [2.24, 2.45) is 0 Å². The summed E-state index contributed by atoms with van der Waals surface area (Å²) in [5, 5.41) is 0.324. The Morgan fingerprint density at radius 2 is 2.12 bits per heavy atom. The first-order chi connectivity index (χ1) is 11.5. The molecule has 3 rings (SSSR count). The van der Waals surface area contributed by atoms with Gasteiger partial charge in [0.05, 0.1) is 12.6 Å². The number of alkyl halides is 2. The van der Waals surface area contributed by atoms with Crippen LogP contribution in [0.2, 0.25) is 5.15 Å². The monoisotopic (exact) mass is 353 g/mol. The number of halogens is 3. The van der Waals surface area contributed by atoms with Crippen LogP contribution in [0, 0.1) is 0 Å². The average Bonchev–Trinajstić information content (AvgIpc) is 2.91. The number of pyridine rings is 2. The number of carbonyl (C=O) groups excluding carboxylic acids is 1. The van der Waals surface area contributed by atoms with E-state index < -0.39 is 13.0 Å². The molecular formula is C16H14ClF2N3O2. The van der Waals surface area contributed by atoms with Crippen LogP contribution >= 0.6 is 11.6 Å². The Balaban J connectivity index is 1.75. The molecule has 0 aromatic carbocycles. The molecule has 0 saturated carbocycles. The fourth-order valence-corrected chi connectivity index (χ4v) is 2.80. The summed E-state index contributed by atoms with van der Waals surface area (Å²) in [4.78, 5) is 22.2. The van der Waals surface area contributed by atoms with Gasteiger partial charge in [-0.15, -0.1) is 0 Å². The maximum atomic E-state index is 12.5. The summed E-state index contributed by atoms with van der Waals surface area (Å²) in [5.41, 5.74) is 2.03. The van der Waals surface area contributed by atoms with Gasteiger partial charge in [-0.25, -0.2) is 18.7 Å². The maximum Gasteiger partial charge on any atom is 0.272 e. The lowest BCUT2D eigenvalue weighted by Crippen LogP contribution is -2.27. The Bertz CT molecular complexity index is 755. The van der Waals surface area contributed by atoms with Crippen LogP contribution in [0.4, 0.5) is 8.78 Å². The molecular weight excluding hydrogens is 340 g/mol. The molecule has 126 valence electrons. The van der Waals surface area contributed by atoms with E-state index in [0.717, 1.165) is 5.56 Å². The summed E-state index contributed by atoms with van der Waals surface area (Å²) >= 11 is 6.05. The van der Waals surface area contributed by atoms with Crippen LogP contribution in [0.3, 0.4) is 0 Å². The fraction of sp³-hybridized carbons (Fsp3) is 0.312. The molecule has 24 heavy (non-hydrogen) atoms. The van der Waals surface area contributed by atoms with E-state index in [4.69, 9.17) is 16.3 Å². The van der Waals surface area contributed by atoms with E-state index in [1.807, 2.05) is 6.92 Å². The molecule has 1 aliphatic rings. The Morgan fingerprint density at radius 1 is 1.33 bits per heavy atom. The second-order valence-corrected chi connectivity index (χ2v) is 5.73. The first-order valence-electron chi connectivity index (χ1n) is 7.28. The number of hydrogen-bond donors (Lipinski definition) is 0. The maximum absolute atomic E-state index is 12.5. The van der Waals surface area contributed by atoms with Gasteiger partial charge in [-0.1, -0.05) is 17.7 Å². The molecule has 1 unspecified atom stereocenters. The van der Waals surface area contributed by atoms with Crippen LogP contribution in [-0.2, 0) is 6.54 Å². The van der Waals surface area contributed by atoms with Gasteiger partial charge in [-0.3, -0.25) is 4.79 Å². The van der Waals surface area contributed by atoms with Crippen LogP contribution in [0.25, 0.3) is 0 Å². The van der Waals surface area contributed by atoms with E-state index in [1.54, 1.807) is 17.0 Å². The smallest absolute Gasteiger partial charge is 0.272 e. The third kappa shape index (κ3) is 3.17. The standard InChI is InChI=1S/C16H14ClF2N3O2/c1-9(10-2-3-14(21-6-10)24-8-13(18)19)22-7-12-11(16(22)23)4-5-20-15(12)17/h2-6,9,13H,7-8H2,1H3. The highest BCUT2D eigenvalue weighted by Gasteiger charge is 2.33. The molecule has 2 aromatic rings. The highest BCUT2D eigenvalue weighted by atomic mass is 35.5. The van der Waals surface area contributed by atoms with Gasteiger partial charge >= 0.3 is 0 Å². The minimum absolute atomic E-state index is 0.120. The summed E-state index contributed by atoms with van der Waals surface area (Å²) in [5.74, 6) is -0.00523. The van der Waals surface area contributed by atoms with Crippen LogP contribution in [0.1, 0.15) is 34.5 Å². The quantitative estimate of drug-likeness (QED) is 0.772. The predicted octanol–water partition coefficient (Wildman–Crippen LogP) is 3.49. The number of rotatable bonds is 5. The molecule has 0 N–H and O–H groups in total. The number of fused-ring (bicyclic) bond motifs is 1. The summed E-state index contributed by atoms with van der Waals surface area (Å²) in [7, 11) is 0. The number of hydrogen-bond acceptors (Lipinski definition) is 4. The summed E-state index contributed by atoms with van der Waals surface area (Å²) in [6.07, 6.45) is 0.468. The zero-order chi connectivity index (χ0) is 17.3. The van der Waals surface area contributed by atoms with Gasteiger partial charge in [0.1, 0.15) is 5.15 Å². The zero-order valence-corrected chi connectivity index (χ0v) is 13.5. The van der Waals surface area contributed by atoms with Crippen LogP contribution < -0.4 is 4.74 Å². The lowest BCUT2D eigenvalue weighted by atomic mass is 10.1. The van der Waals surface area contributed by atoms with Gasteiger partial charge in [-0.2, -0.15) is 0 Å². The van der Waals surface area contributed by atoms with Gasteiger partial charge in [0, 0.05) is 29.6 Å². The van der Waals surface area contributed by atoms with E-state index in [-0.39, 0.29) is 17.8 Å².